The van der Waals surface area contributed by atoms with Gasteiger partial charge in [0.25, 0.3) is 0 Å². The lowest BCUT2D eigenvalue weighted by atomic mass is 10.5. The van der Waals surface area contributed by atoms with Crippen LogP contribution in [-0.4, -0.2) is 49.9 Å². The summed E-state index contributed by atoms with van der Waals surface area (Å²) in [6, 6.07) is 1.07. The maximum atomic E-state index is 10.5. The number of ether oxygens (including phenoxy) is 1. The molecule has 0 heterocycles. The second kappa shape index (κ2) is 16.2. The van der Waals surface area contributed by atoms with Gasteiger partial charge < -0.3 is 13.3 Å². The molecule has 0 saturated carbocycles. The van der Waals surface area contributed by atoms with Gasteiger partial charge in [0, 0.05) is 12.7 Å². The molecule has 0 amide bonds. The molecule has 0 radical (unpaired) electrons. The Kier molecular flexibility index (Phi) is 18.6. The van der Waals surface area contributed by atoms with E-state index in [1.165, 1.54) is 6.08 Å². The zero-order valence-corrected chi connectivity index (χ0v) is 15.4. The van der Waals surface area contributed by atoms with Crippen LogP contribution >= 0.6 is 0 Å². The van der Waals surface area contributed by atoms with E-state index in [0.717, 1.165) is 40.0 Å². The molecule has 0 aromatic rings. The maximum absolute atomic E-state index is 10.5. The lowest BCUT2D eigenvalue weighted by molar-refractivity contribution is -0.137. The fourth-order valence-electron chi connectivity index (χ4n) is 0.682. The Morgan fingerprint density at radius 2 is 2.13 bits per heavy atom. The average Bonchev–Trinajstić information content (AvgIpc) is 2.24. The van der Waals surface area contributed by atoms with E-state index in [9.17, 15) is 4.79 Å². The third-order valence-electron chi connectivity index (χ3n) is 1.30. The van der Waals surface area contributed by atoms with Crippen molar-refractivity contribution >= 4 is 36.7 Å². The van der Waals surface area contributed by atoms with Crippen LogP contribution in [-0.2, 0) is 18.1 Å². The zero-order valence-electron chi connectivity index (χ0n) is 9.95. The fourth-order valence-corrected chi connectivity index (χ4v) is 1.58. The van der Waals surface area contributed by atoms with Crippen molar-refractivity contribution < 1.29 is 18.1 Å². The van der Waals surface area contributed by atoms with Crippen LogP contribution in [0.5, 0.6) is 0 Å². The van der Waals surface area contributed by atoms with Crippen LogP contribution in [0, 0.1) is 0 Å². The first-order valence-electron chi connectivity index (χ1n) is 4.99. The molecule has 0 spiro atoms. The van der Waals surface area contributed by atoms with Crippen LogP contribution in [0.15, 0.2) is 12.7 Å². The lowest BCUT2D eigenvalue weighted by Gasteiger charge is -2.01. The molecule has 0 aromatic heterocycles. The fraction of sp³-hybridized carbons (Fsp3) is 0.625. The van der Waals surface area contributed by atoms with E-state index in [1.54, 1.807) is 0 Å². The van der Waals surface area contributed by atoms with E-state index < -0.39 is 0 Å². The van der Waals surface area contributed by atoms with Crippen molar-refractivity contribution in [3.63, 3.8) is 0 Å². The van der Waals surface area contributed by atoms with Gasteiger partial charge >= 0.3 is 5.97 Å². The molecule has 0 N–H and O–H groups in total. The number of rotatable bonds is 7. The van der Waals surface area contributed by atoms with Crippen molar-refractivity contribution in [2.45, 2.75) is 19.4 Å². The van der Waals surface area contributed by atoms with Gasteiger partial charge in [0.1, 0.15) is 21.0 Å². The second-order valence-electron chi connectivity index (χ2n) is 2.68. The first kappa shape index (κ1) is 17.2. The van der Waals surface area contributed by atoms with E-state index in [4.69, 9.17) is 9.16 Å². The van der Waals surface area contributed by atoms with Crippen molar-refractivity contribution in [3.8, 4) is 0 Å². The van der Waals surface area contributed by atoms with E-state index >= 15 is 0 Å². The SMILES string of the molecule is C=CC(=O)OCCC[SiH2]OCC.[SiH3]O[SiH3]. The summed E-state index contributed by atoms with van der Waals surface area (Å²) >= 11 is 0. The minimum atomic E-state index is -0.357. The first-order chi connectivity index (χ1) is 7.22. The lowest BCUT2D eigenvalue weighted by Crippen LogP contribution is -2.04. The van der Waals surface area contributed by atoms with Gasteiger partial charge in [-0.2, -0.15) is 0 Å². The minimum absolute atomic E-state index is 0.340. The molecule has 0 aliphatic carbocycles. The quantitative estimate of drug-likeness (QED) is 0.236. The third kappa shape index (κ3) is 20.0. The number of carbonyl (C=O) groups excluding carboxylic acids is 1. The Labute approximate surface area is 100 Å². The molecule has 0 unspecified atom stereocenters. The van der Waals surface area contributed by atoms with Crippen molar-refractivity contribution in [1.29, 1.82) is 0 Å². The van der Waals surface area contributed by atoms with Crippen molar-refractivity contribution in [2.24, 2.45) is 0 Å². The topological polar surface area (TPSA) is 44.8 Å². The Morgan fingerprint density at radius 1 is 1.53 bits per heavy atom. The first-order valence-corrected chi connectivity index (χ1v) is 8.21. The minimum Gasteiger partial charge on any atom is -0.471 e. The van der Waals surface area contributed by atoms with Crippen LogP contribution < -0.4 is 0 Å². The standard InChI is InChI=1S/C8H16O3Si.H6OSi2/c1-3-8(9)10-6-5-7-12-11-4-2;2-1-3/h3H,1,4-7,12H2,2H3;2-3H3. The summed E-state index contributed by atoms with van der Waals surface area (Å²) in [4.78, 5) is 10.5. The van der Waals surface area contributed by atoms with Gasteiger partial charge in [-0.25, -0.2) is 4.79 Å². The predicted molar refractivity (Wildman–Crippen MR) is 71.7 cm³/mol. The van der Waals surface area contributed by atoms with Crippen LogP contribution in [0.2, 0.25) is 6.04 Å². The van der Waals surface area contributed by atoms with E-state index in [-0.39, 0.29) is 15.7 Å². The summed E-state index contributed by atoms with van der Waals surface area (Å²) in [6.07, 6.45) is 2.09. The van der Waals surface area contributed by atoms with Crippen molar-refractivity contribution in [3.05, 3.63) is 12.7 Å². The number of carbonyl (C=O) groups is 1. The van der Waals surface area contributed by atoms with Gasteiger partial charge in [-0.3, -0.25) is 0 Å². The van der Waals surface area contributed by atoms with Gasteiger partial charge in [0.15, 0.2) is 9.76 Å². The molecule has 0 atom stereocenters. The molecule has 0 aliphatic heterocycles. The molecule has 0 bridgehead atoms. The maximum Gasteiger partial charge on any atom is 0.330 e. The Morgan fingerprint density at radius 3 is 2.60 bits per heavy atom. The molecule has 0 fully saturated rings. The molecular formula is C8H22O4Si3. The number of hydrogen-bond donors (Lipinski definition) is 0. The summed E-state index contributed by atoms with van der Waals surface area (Å²) in [7, 11) is 1.50. The molecule has 0 aliphatic rings. The van der Waals surface area contributed by atoms with E-state index in [2.05, 4.69) is 10.7 Å². The molecule has 15 heavy (non-hydrogen) atoms. The average molecular weight is 267 g/mol. The van der Waals surface area contributed by atoms with Gasteiger partial charge in [-0.05, 0) is 19.4 Å². The summed E-state index contributed by atoms with van der Waals surface area (Å²) in [5.41, 5.74) is 0. The largest absolute Gasteiger partial charge is 0.471 e. The summed E-state index contributed by atoms with van der Waals surface area (Å²) in [5.74, 6) is -0.340. The number of esters is 1. The highest BCUT2D eigenvalue weighted by molar-refractivity contribution is 6.26. The van der Waals surface area contributed by atoms with Crippen LogP contribution in [0.4, 0.5) is 0 Å². The van der Waals surface area contributed by atoms with Gasteiger partial charge in [0.05, 0.1) is 6.61 Å². The smallest absolute Gasteiger partial charge is 0.330 e. The highest BCUT2D eigenvalue weighted by Gasteiger charge is 1.94. The van der Waals surface area contributed by atoms with Crippen molar-refractivity contribution in [1.82, 2.24) is 0 Å². The highest BCUT2D eigenvalue weighted by Crippen LogP contribution is 1.91. The second-order valence-corrected chi connectivity index (χ2v) is 7.47. The summed E-state index contributed by atoms with van der Waals surface area (Å²) in [6.45, 7) is 6.58. The normalized spacial score (nSPS) is 9.93. The molecule has 0 saturated heterocycles. The molecule has 0 aromatic carbocycles. The highest BCUT2D eigenvalue weighted by atomic mass is 28.3. The van der Waals surface area contributed by atoms with Gasteiger partial charge in [-0.1, -0.05) is 6.58 Å². The molecule has 4 nitrogen and oxygen atoms in total. The van der Waals surface area contributed by atoms with E-state index in [1.807, 2.05) is 6.92 Å². The van der Waals surface area contributed by atoms with Crippen LogP contribution in [0.25, 0.3) is 0 Å². The van der Waals surface area contributed by atoms with Crippen LogP contribution in [0.1, 0.15) is 13.3 Å². The predicted octanol–water partition coefficient (Wildman–Crippen LogP) is -1.79. The monoisotopic (exact) mass is 266 g/mol. The van der Waals surface area contributed by atoms with Gasteiger partial charge in [0.2, 0.25) is 0 Å². The molecule has 0 rings (SSSR count). The summed E-state index contributed by atoms with van der Waals surface area (Å²) < 4.78 is 14.6. The Bertz CT molecular complexity index is 155. The van der Waals surface area contributed by atoms with Crippen molar-refractivity contribution in [2.75, 3.05) is 13.2 Å². The van der Waals surface area contributed by atoms with E-state index in [0.29, 0.717) is 6.61 Å². The number of hydrogen-bond acceptors (Lipinski definition) is 4. The molecular weight excluding hydrogens is 244 g/mol. The Balaban J connectivity index is 0. The zero-order chi connectivity index (χ0) is 11.9. The molecule has 90 valence electrons. The van der Waals surface area contributed by atoms with Gasteiger partial charge in [-0.15, -0.1) is 0 Å². The summed E-state index contributed by atoms with van der Waals surface area (Å²) in [5, 5.41) is 0. The van der Waals surface area contributed by atoms with Crippen LogP contribution in [0.3, 0.4) is 0 Å². The third-order valence-corrected chi connectivity index (χ3v) is 2.78. The molecule has 7 heteroatoms. The Hall–Kier alpha value is -0.219.